The molecule has 0 saturated carbocycles. The van der Waals surface area contributed by atoms with E-state index in [4.69, 9.17) is 15.6 Å². The number of alkyl halides is 1. The van der Waals surface area contributed by atoms with E-state index in [1.807, 2.05) is 38.1 Å². The van der Waals surface area contributed by atoms with E-state index in [2.05, 4.69) is 0 Å². The lowest BCUT2D eigenvalue weighted by atomic mass is 9.75. The Morgan fingerprint density at radius 1 is 1.38 bits per heavy atom. The molecule has 4 nitrogen and oxygen atoms in total. The third kappa shape index (κ3) is 3.14. The van der Waals surface area contributed by atoms with Crippen LogP contribution in [0.1, 0.15) is 31.4 Å². The SMILES string of the molecule is COC1(F)C(C)=C(C)C(c2ccccc2C)=CC1C(N)CC(=O)O. The monoisotopic (exact) mass is 333 g/mol. The molecule has 1 aliphatic carbocycles. The van der Waals surface area contributed by atoms with Crippen LogP contribution < -0.4 is 5.73 Å². The van der Waals surface area contributed by atoms with Crippen molar-refractivity contribution in [2.75, 3.05) is 7.11 Å². The lowest BCUT2D eigenvalue weighted by Gasteiger charge is -2.39. The fourth-order valence-corrected chi connectivity index (χ4v) is 3.30. The number of carboxylic acids is 1. The van der Waals surface area contributed by atoms with Gasteiger partial charge >= 0.3 is 5.97 Å². The van der Waals surface area contributed by atoms with Gasteiger partial charge in [-0.1, -0.05) is 30.3 Å². The van der Waals surface area contributed by atoms with Gasteiger partial charge < -0.3 is 15.6 Å². The van der Waals surface area contributed by atoms with Crippen molar-refractivity contribution in [1.29, 1.82) is 0 Å². The minimum Gasteiger partial charge on any atom is -0.481 e. The van der Waals surface area contributed by atoms with Gasteiger partial charge in [0.05, 0.1) is 12.3 Å². The Hall–Kier alpha value is -1.98. The summed E-state index contributed by atoms with van der Waals surface area (Å²) in [6.07, 6.45) is 1.39. The Kier molecular flexibility index (Phi) is 5.26. The van der Waals surface area contributed by atoms with Crippen LogP contribution >= 0.6 is 0 Å². The maximum Gasteiger partial charge on any atom is 0.304 e. The van der Waals surface area contributed by atoms with Crippen LogP contribution in [0.15, 0.2) is 41.5 Å². The van der Waals surface area contributed by atoms with Crippen molar-refractivity contribution in [2.24, 2.45) is 11.7 Å². The summed E-state index contributed by atoms with van der Waals surface area (Å²) in [6, 6.07) is 6.92. The molecule has 0 spiro atoms. The highest BCUT2D eigenvalue weighted by atomic mass is 19.2. The second kappa shape index (κ2) is 6.87. The first-order chi connectivity index (χ1) is 11.2. The number of aliphatic carboxylic acids is 1. The van der Waals surface area contributed by atoms with E-state index < -0.39 is 23.8 Å². The molecule has 0 aliphatic heterocycles. The van der Waals surface area contributed by atoms with E-state index in [1.54, 1.807) is 13.0 Å². The molecule has 24 heavy (non-hydrogen) atoms. The number of carbonyl (C=O) groups is 1. The Bertz CT molecular complexity index is 710. The lowest BCUT2D eigenvalue weighted by Crippen LogP contribution is -2.48. The molecular weight excluding hydrogens is 309 g/mol. The van der Waals surface area contributed by atoms with Gasteiger partial charge in [-0.05, 0) is 48.6 Å². The van der Waals surface area contributed by atoms with Crippen LogP contribution in [0.25, 0.3) is 5.57 Å². The van der Waals surface area contributed by atoms with E-state index in [-0.39, 0.29) is 6.42 Å². The maximum atomic E-state index is 15.5. The lowest BCUT2D eigenvalue weighted by molar-refractivity contribution is -0.142. The van der Waals surface area contributed by atoms with Gasteiger partial charge in [0, 0.05) is 13.2 Å². The molecule has 0 saturated heterocycles. The van der Waals surface area contributed by atoms with Crippen molar-refractivity contribution >= 4 is 11.5 Å². The summed E-state index contributed by atoms with van der Waals surface area (Å²) < 4.78 is 20.7. The number of carboxylic acid groups (broad SMARTS) is 1. The standard InChI is InChI=1S/C19H24FNO3/c1-11-7-5-6-8-14(11)15-9-16(17(21)10-18(22)23)19(20,24-4)13(3)12(15)2/h5-9,16-17H,10,21H2,1-4H3,(H,22,23). The highest BCUT2D eigenvalue weighted by Gasteiger charge is 2.47. The Balaban J connectivity index is 2.59. The van der Waals surface area contributed by atoms with Crippen LogP contribution in [0.2, 0.25) is 0 Å². The maximum absolute atomic E-state index is 15.5. The minimum atomic E-state index is -2.11. The number of hydrogen-bond donors (Lipinski definition) is 2. The van der Waals surface area contributed by atoms with Gasteiger partial charge in [0.25, 0.3) is 0 Å². The van der Waals surface area contributed by atoms with Crippen LogP contribution in [-0.4, -0.2) is 30.1 Å². The predicted octanol–water partition coefficient (Wildman–Crippen LogP) is 3.46. The molecule has 0 bridgehead atoms. The number of ether oxygens (including phenoxy) is 1. The van der Waals surface area contributed by atoms with E-state index in [0.717, 1.165) is 22.3 Å². The van der Waals surface area contributed by atoms with E-state index in [9.17, 15) is 4.79 Å². The minimum absolute atomic E-state index is 0.330. The number of allylic oxidation sites excluding steroid dienone is 2. The first-order valence-corrected chi connectivity index (χ1v) is 7.90. The zero-order valence-electron chi connectivity index (χ0n) is 14.5. The molecule has 130 valence electrons. The fraction of sp³-hybridized carbons (Fsp3) is 0.421. The van der Waals surface area contributed by atoms with Crippen molar-refractivity contribution in [1.82, 2.24) is 0 Å². The molecule has 0 fully saturated rings. The third-order valence-electron chi connectivity index (χ3n) is 4.86. The fourth-order valence-electron chi connectivity index (χ4n) is 3.30. The van der Waals surface area contributed by atoms with Gasteiger partial charge in [-0.3, -0.25) is 4.79 Å². The number of aryl methyl sites for hydroxylation is 1. The van der Waals surface area contributed by atoms with Crippen LogP contribution in [0.5, 0.6) is 0 Å². The van der Waals surface area contributed by atoms with Crippen LogP contribution in [0.3, 0.4) is 0 Å². The van der Waals surface area contributed by atoms with Crippen molar-refractivity contribution < 1.29 is 19.0 Å². The van der Waals surface area contributed by atoms with Crippen molar-refractivity contribution in [3.8, 4) is 0 Å². The van der Waals surface area contributed by atoms with Crippen molar-refractivity contribution in [3.63, 3.8) is 0 Å². The molecule has 0 radical (unpaired) electrons. The summed E-state index contributed by atoms with van der Waals surface area (Å²) >= 11 is 0. The molecule has 5 heteroatoms. The Morgan fingerprint density at radius 3 is 2.54 bits per heavy atom. The molecule has 3 atom stereocenters. The summed E-state index contributed by atoms with van der Waals surface area (Å²) in [4.78, 5) is 11.0. The molecule has 0 aromatic heterocycles. The highest BCUT2D eigenvalue weighted by Crippen LogP contribution is 2.45. The summed E-state index contributed by atoms with van der Waals surface area (Å²) in [5.74, 6) is -4.04. The van der Waals surface area contributed by atoms with Crippen molar-refractivity contribution in [3.05, 3.63) is 52.6 Å². The number of methoxy groups -OCH3 is 1. The predicted molar refractivity (Wildman–Crippen MR) is 92.1 cm³/mol. The van der Waals surface area contributed by atoms with Crippen LogP contribution in [0.4, 0.5) is 4.39 Å². The number of benzene rings is 1. The van der Waals surface area contributed by atoms with E-state index in [0.29, 0.717) is 5.57 Å². The number of halogens is 1. The molecule has 2 rings (SSSR count). The normalized spacial score (nSPS) is 25.4. The summed E-state index contributed by atoms with van der Waals surface area (Å²) in [5.41, 5.74) is 10.2. The van der Waals surface area contributed by atoms with E-state index in [1.165, 1.54) is 7.11 Å². The molecule has 3 unspecified atom stereocenters. The number of nitrogens with two attached hydrogens (primary N) is 1. The Labute approximate surface area is 141 Å². The van der Waals surface area contributed by atoms with Crippen LogP contribution in [0, 0.1) is 12.8 Å². The van der Waals surface area contributed by atoms with Gasteiger partial charge in [-0.25, -0.2) is 4.39 Å². The average molecular weight is 333 g/mol. The Morgan fingerprint density at radius 2 is 2.00 bits per heavy atom. The second-order valence-electron chi connectivity index (χ2n) is 6.28. The molecular formula is C19H24FNO3. The quantitative estimate of drug-likeness (QED) is 0.865. The van der Waals surface area contributed by atoms with Gasteiger partial charge in [0.15, 0.2) is 0 Å². The van der Waals surface area contributed by atoms with Gasteiger partial charge in [0.2, 0.25) is 5.85 Å². The summed E-state index contributed by atoms with van der Waals surface area (Å²) in [5, 5.41) is 9.03. The highest BCUT2D eigenvalue weighted by molar-refractivity contribution is 5.83. The zero-order valence-corrected chi connectivity index (χ0v) is 14.5. The third-order valence-corrected chi connectivity index (χ3v) is 4.86. The molecule has 0 heterocycles. The number of hydrogen-bond acceptors (Lipinski definition) is 3. The van der Waals surface area contributed by atoms with Crippen molar-refractivity contribution in [2.45, 2.75) is 39.1 Å². The molecule has 1 aromatic rings. The molecule has 3 N–H and O–H groups in total. The van der Waals surface area contributed by atoms with Gasteiger partial charge in [-0.2, -0.15) is 0 Å². The average Bonchev–Trinajstić information content (AvgIpc) is 2.53. The first-order valence-electron chi connectivity index (χ1n) is 7.90. The largest absolute Gasteiger partial charge is 0.481 e. The zero-order chi connectivity index (χ0) is 18.1. The smallest absolute Gasteiger partial charge is 0.304 e. The number of rotatable bonds is 5. The van der Waals surface area contributed by atoms with Crippen LogP contribution in [-0.2, 0) is 9.53 Å². The van der Waals surface area contributed by atoms with Gasteiger partial charge in [0.1, 0.15) is 0 Å². The van der Waals surface area contributed by atoms with Gasteiger partial charge in [-0.15, -0.1) is 0 Å². The first kappa shape index (κ1) is 18.4. The second-order valence-corrected chi connectivity index (χ2v) is 6.28. The molecule has 1 aliphatic rings. The van der Waals surface area contributed by atoms with E-state index >= 15 is 4.39 Å². The molecule has 0 amide bonds. The topological polar surface area (TPSA) is 72.5 Å². The molecule has 1 aromatic carbocycles. The summed E-state index contributed by atoms with van der Waals surface area (Å²) in [7, 11) is 1.28. The summed E-state index contributed by atoms with van der Waals surface area (Å²) in [6.45, 7) is 5.50.